The lowest BCUT2D eigenvalue weighted by Crippen LogP contribution is -2.46. The Labute approximate surface area is 127 Å². The van der Waals surface area contributed by atoms with Crippen molar-refractivity contribution in [1.29, 1.82) is 0 Å². The summed E-state index contributed by atoms with van der Waals surface area (Å²) in [6.45, 7) is 6.52. The van der Waals surface area contributed by atoms with Gasteiger partial charge in [0, 0.05) is 18.8 Å². The zero-order valence-electron chi connectivity index (χ0n) is 12.3. The van der Waals surface area contributed by atoms with Crippen molar-refractivity contribution in [3.8, 4) is 0 Å². The Kier molecular flexibility index (Phi) is 4.07. The molecule has 1 fully saturated rings. The van der Waals surface area contributed by atoms with Gasteiger partial charge in [-0.3, -0.25) is 4.79 Å². The molecule has 0 spiro atoms. The summed E-state index contributed by atoms with van der Waals surface area (Å²) in [4.78, 5) is 18.7. The number of hydrogen-bond acceptors (Lipinski definition) is 5. The third kappa shape index (κ3) is 3.16. The molecule has 1 aromatic heterocycles. The smallest absolute Gasteiger partial charge is 0.244 e. The van der Waals surface area contributed by atoms with E-state index in [2.05, 4.69) is 16.4 Å². The number of carbonyl (C=O) groups excluding carboxylic acids is 1. The highest BCUT2D eigenvalue weighted by Gasteiger charge is 2.22. The first-order valence-electron chi connectivity index (χ1n) is 7.14. The molecule has 1 saturated heterocycles. The van der Waals surface area contributed by atoms with E-state index < -0.39 is 0 Å². The fourth-order valence-corrected chi connectivity index (χ4v) is 3.37. The van der Waals surface area contributed by atoms with E-state index in [9.17, 15) is 4.79 Å². The predicted molar refractivity (Wildman–Crippen MR) is 84.8 cm³/mol. The zero-order valence-corrected chi connectivity index (χ0v) is 13.1. The van der Waals surface area contributed by atoms with Gasteiger partial charge in [-0.25, -0.2) is 4.98 Å². The molecule has 0 unspecified atom stereocenters. The molecule has 5 nitrogen and oxygen atoms in total. The number of anilines is 1. The minimum absolute atomic E-state index is 0.124. The van der Waals surface area contributed by atoms with Crippen LogP contribution in [0.15, 0.2) is 18.2 Å². The van der Waals surface area contributed by atoms with Crippen molar-refractivity contribution in [1.82, 2.24) is 9.88 Å². The number of nitrogens with one attached hydrogen (secondary N) is 1. The van der Waals surface area contributed by atoms with Crippen LogP contribution in [0.4, 0.5) is 5.69 Å². The molecular weight excluding hydrogens is 286 g/mol. The number of aromatic nitrogens is 1. The maximum atomic E-state index is 12.4. The maximum Gasteiger partial charge on any atom is 0.244 e. The lowest BCUT2D eigenvalue weighted by molar-refractivity contribution is -0.135. The number of nitrogens with zero attached hydrogens (tertiary/aromatic N) is 2. The molecule has 2 aromatic rings. The monoisotopic (exact) mass is 305 g/mol. The van der Waals surface area contributed by atoms with Gasteiger partial charge in [0.1, 0.15) is 6.04 Å². The van der Waals surface area contributed by atoms with E-state index >= 15 is 0 Å². The highest BCUT2D eigenvalue weighted by atomic mass is 32.1. The van der Waals surface area contributed by atoms with Crippen LogP contribution in [0.3, 0.4) is 0 Å². The van der Waals surface area contributed by atoms with Crippen molar-refractivity contribution < 1.29 is 9.53 Å². The quantitative estimate of drug-likeness (QED) is 0.945. The molecular formula is C15H19N3O2S. The summed E-state index contributed by atoms with van der Waals surface area (Å²) in [5.74, 6) is 0.124. The first kappa shape index (κ1) is 14.3. The van der Waals surface area contributed by atoms with E-state index in [-0.39, 0.29) is 11.9 Å². The van der Waals surface area contributed by atoms with Crippen LogP contribution in [-0.2, 0) is 9.53 Å². The molecule has 1 aliphatic rings. The van der Waals surface area contributed by atoms with Crippen LogP contribution in [-0.4, -0.2) is 48.1 Å². The summed E-state index contributed by atoms with van der Waals surface area (Å²) in [6, 6.07) is 5.79. The number of hydrogen-bond donors (Lipinski definition) is 1. The molecule has 3 rings (SSSR count). The number of morpholine rings is 1. The van der Waals surface area contributed by atoms with Crippen LogP contribution in [0, 0.1) is 6.92 Å². The van der Waals surface area contributed by atoms with E-state index in [0.717, 1.165) is 20.9 Å². The number of thiazole rings is 1. The summed E-state index contributed by atoms with van der Waals surface area (Å²) in [5, 5.41) is 4.34. The van der Waals surface area contributed by atoms with Gasteiger partial charge in [-0.1, -0.05) is 0 Å². The SMILES string of the molecule is Cc1nc2ccc(N[C@@H](C)C(=O)N3CCOCC3)cc2s1. The molecule has 1 atom stereocenters. The fraction of sp³-hybridized carbons (Fsp3) is 0.467. The summed E-state index contributed by atoms with van der Waals surface area (Å²) >= 11 is 1.67. The Morgan fingerprint density at radius 2 is 2.19 bits per heavy atom. The molecule has 2 heterocycles. The molecule has 0 bridgehead atoms. The molecule has 1 aromatic carbocycles. The van der Waals surface area contributed by atoms with E-state index in [1.165, 1.54) is 0 Å². The average molecular weight is 305 g/mol. The topological polar surface area (TPSA) is 54.5 Å². The van der Waals surface area contributed by atoms with Crippen molar-refractivity contribution in [3.05, 3.63) is 23.2 Å². The maximum absolute atomic E-state index is 12.4. The van der Waals surface area contributed by atoms with Crippen LogP contribution in [0.2, 0.25) is 0 Å². The van der Waals surface area contributed by atoms with Crippen molar-refractivity contribution in [2.75, 3.05) is 31.6 Å². The highest BCUT2D eigenvalue weighted by Crippen LogP contribution is 2.25. The second kappa shape index (κ2) is 5.99. The highest BCUT2D eigenvalue weighted by molar-refractivity contribution is 7.18. The molecule has 0 saturated carbocycles. The lowest BCUT2D eigenvalue weighted by atomic mass is 10.2. The molecule has 0 aliphatic carbocycles. The Balaban J connectivity index is 1.69. The Morgan fingerprint density at radius 3 is 2.95 bits per heavy atom. The zero-order chi connectivity index (χ0) is 14.8. The number of amides is 1. The molecule has 112 valence electrons. The summed E-state index contributed by atoms with van der Waals surface area (Å²) in [5.41, 5.74) is 1.97. The van der Waals surface area contributed by atoms with Crippen LogP contribution in [0.5, 0.6) is 0 Å². The third-order valence-electron chi connectivity index (χ3n) is 3.57. The molecule has 1 N–H and O–H groups in total. The van der Waals surface area contributed by atoms with Gasteiger partial charge in [0.25, 0.3) is 0 Å². The van der Waals surface area contributed by atoms with Crippen molar-refractivity contribution >= 4 is 33.1 Å². The van der Waals surface area contributed by atoms with Gasteiger partial charge in [0.05, 0.1) is 28.4 Å². The Hall–Kier alpha value is -1.66. The first-order valence-corrected chi connectivity index (χ1v) is 7.95. The summed E-state index contributed by atoms with van der Waals surface area (Å²) in [6.07, 6.45) is 0. The second-order valence-corrected chi connectivity index (χ2v) is 6.45. The molecule has 1 aliphatic heterocycles. The average Bonchev–Trinajstić information content (AvgIpc) is 2.86. The third-order valence-corrected chi connectivity index (χ3v) is 4.51. The van der Waals surface area contributed by atoms with Gasteiger partial charge in [-0.2, -0.15) is 0 Å². The van der Waals surface area contributed by atoms with Crippen molar-refractivity contribution in [2.45, 2.75) is 19.9 Å². The number of ether oxygens (including phenoxy) is 1. The van der Waals surface area contributed by atoms with Crippen LogP contribution >= 0.6 is 11.3 Å². The number of carbonyl (C=O) groups is 1. The Bertz CT molecular complexity index is 649. The van der Waals surface area contributed by atoms with Gasteiger partial charge >= 0.3 is 0 Å². The number of aryl methyl sites for hydroxylation is 1. The number of rotatable bonds is 3. The minimum atomic E-state index is -0.241. The van der Waals surface area contributed by atoms with Gasteiger partial charge in [0.2, 0.25) is 5.91 Å². The van der Waals surface area contributed by atoms with Crippen LogP contribution in [0.1, 0.15) is 11.9 Å². The largest absolute Gasteiger partial charge is 0.378 e. The molecule has 6 heteroatoms. The number of fused-ring (bicyclic) bond motifs is 1. The fourth-order valence-electron chi connectivity index (χ4n) is 2.50. The van der Waals surface area contributed by atoms with Crippen molar-refractivity contribution in [2.24, 2.45) is 0 Å². The van der Waals surface area contributed by atoms with Gasteiger partial charge in [0.15, 0.2) is 0 Å². The minimum Gasteiger partial charge on any atom is -0.378 e. The number of benzene rings is 1. The van der Waals surface area contributed by atoms with Crippen LogP contribution in [0.25, 0.3) is 10.2 Å². The molecule has 1 amide bonds. The van der Waals surface area contributed by atoms with Gasteiger partial charge in [-0.05, 0) is 32.0 Å². The summed E-state index contributed by atoms with van der Waals surface area (Å²) < 4.78 is 6.42. The van der Waals surface area contributed by atoms with Crippen LogP contribution < -0.4 is 5.32 Å². The first-order chi connectivity index (χ1) is 10.1. The predicted octanol–water partition coefficient (Wildman–Crippen LogP) is 2.26. The van der Waals surface area contributed by atoms with Gasteiger partial charge < -0.3 is 15.0 Å². The molecule has 0 radical (unpaired) electrons. The van der Waals surface area contributed by atoms with Crippen molar-refractivity contribution in [3.63, 3.8) is 0 Å². The molecule has 21 heavy (non-hydrogen) atoms. The van der Waals surface area contributed by atoms with E-state index in [1.54, 1.807) is 11.3 Å². The van der Waals surface area contributed by atoms with E-state index in [0.29, 0.717) is 26.3 Å². The lowest BCUT2D eigenvalue weighted by Gasteiger charge is -2.29. The standard InChI is InChI=1S/C15H19N3O2S/c1-10(15(19)18-5-7-20-8-6-18)16-12-3-4-13-14(9-12)21-11(2)17-13/h3-4,9-10,16H,5-8H2,1-2H3/t10-/m0/s1. The summed E-state index contributed by atoms with van der Waals surface area (Å²) in [7, 11) is 0. The van der Waals surface area contributed by atoms with Gasteiger partial charge in [-0.15, -0.1) is 11.3 Å². The normalized spacial score (nSPS) is 17.0. The Morgan fingerprint density at radius 1 is 1.43 bits per heavy atom. The van der Waals surface area contributed by atoms with E-state index in [1.807, 2.05) is 30.9 Å². The van der Waals surface area contributed by atoms with E-state index in [4.69, 9.17) is 4.74 Å². The second-order valence-electron chi connectivity index (χ2n) is 5.22.